The van der Waals surface area contributed by atoms with Crippen LogP contribution >= 0.6 is 0 Å². The second-order valence-corrected chi connectivity index (χ2v) is 4.81. The number of rotatable bonds is 3. The number of nitrogens with zero attached hydrogens (tertiary/aromatic N) is 2. The summed E-state index contributed by atoms with van der Waals surface area (Å²) in [6, 6.07) is 3.93. The summed E-state index contributed by atoms with van der Waals surface area (Å²) >= 11 is 0. The van der Waals surface area contributed by atoms with Gasteiger partial charge in [0.2, 0.25) is 0 Å². The molecule has 0 bridgehead atoms. The molecule has 19 heavy (non-hydrogen) atoms. The molecule has 2 amide bonds. The maximum atomic E-state index is 11.9. The molecule has 1 heterocycles. The molecule has 1 unspecified atom stereocenters. The predicted molar refractivity (Wildman–Crippen MR) is 72.8 cm³/mol. The van der Waals surface area contributed by atoms with E-state index in [1.807, 2.05) is 33.2 Å². The molecule has 0 radical (unpaired) electrons. The van der Waals surface area contributed by atoms with Crippen molar-refractivity contribution in [2.75, 3.05) is 34.9 Å². The summed E-state index contributed by atoms with van der Waals surface area (Å²) in [5, 5.41) is 0. The van der Waals surface area contributed by atoms with E-state index in [0.29, 0.717) is 6.54 Å². The molecule has 1 atom stereocenters. The van der Waals surface area contributed by atoms with E-state index >= 15 is 0 Å². The summed E-state index contributed by atoms with van der Waals surface area (Å²) in [6.07, 6.45) is 0. The van der Waals surface area contributed by atoms with Crippen molar-refractivity contribution in [3.05, 3.63) is 23.3 Å². The maximum absolute atomic E-state index is 11.9. The highest BCUT2D eigenvalue weighted by Gasteiger charge is 2.35. The zero-order chi connectivity index (χ0) is 14.2. The number of hydrogen-bond donors (Lipinski definition) is 0. The third-order valence-corrected chi connectivity index (χ3v) is 3.71. The van der Waals surface area contributed by atoms with Gasteiger partial charge in [-0.05, 0) is 19.1 Å². The molecule has 5 nitrogen and oxygen atoms in total. The van der Waals surface area contributed by atoms with E-state index in [2.05, 4.69) is 0 Å². The van der Waals surface area contributed by atoms with Crippen LogP contribution in [0.1, 0.15) is 17.2 Å². The predicted octanol–water partition coefficient (Wildman–Crippen LogP) is 2.05. The number of hydrogen-bond acceptors (Lipinski definition) is 3. The SMILES string of the molecule is COc1ccc(C2CN(C)C(=O)N2C)c(OC)c1C. The minimum atomic E-state index is 0.0112. The van der Waals surface area contributed by atoms with Crippen molar-refractivity contribution in [3.63, 3.8) is 0 Å². The molecule has 1 aliphatic rings. The van der Waals surface area contributed by atoms with Crippen LogP contribution in [-0.4, -0.2) is 50.7 Å². The zero-order valence-corrected chi connectivity index (χ0v) is 12.1. The van der Waals surface area contributed by atoms with Gasteiger partial charge in [-0.25, -0.2) is 4.79 Å². The average Bonchev–Trinajstić information content (AvgIpc) is 2.66. The van der Waals surface area contributed by atoms with Gasteiger partial charge in [-0.15, -0.1) is 0 Å². The molecule has 5 heteroatoms. The fourth-order valence-corrected chi connectivity index (χ4v) is 2.62. The van der Waals surface area contributed by atoms with Gasteiger partial charge in [0.25, 0.3) is 0 Å². The Morgan fingerprint density at radius 1 is 1.21 bits per heavy atom. The molecule has 1 aromatic rings. The fraction of sp³-hybridized carbons (Fsp3) is 0.500. The maximum Gasteiger partial charge on any atom is 0.320 e. The Kier molecular flexibility index (Phi) is 3.55. The lowest BCUT2D eigenvalue weighted by Crippen LogP contribution is -2.26. The number of carbonyl (C=O) groups excluding carboxylic acids is 1. The number of carbonyl (C=O) groups is 1. The van der Waals surface area contributed by atoms with Gasteiger partial charge in [-0.3, -0.25) is 0 Å². The lowest BCUT2D eigenvalue weighted by molar-refractivity contribution is 0.201. The van der Waals surface area contributed by atoms with Crippen LogP contribution in [0.3, 0.4) is 0 Å². The van der Waals surface area contributed by atoms with E-state index in [4.69, 9.17) is 9.47 Å². The molecule has 0 N–H and O–H groups in total. The molecule has 104 valence electrons. The Morgan fingerprint density at radius 3 is 2.37 bits per heavy atom. The standard InChI is InChI=1S/C14H20N2O3/c1-9-12(18-4)7-6-10(13(9)19-5)11-8-15(2)14(17)16(11)3/h6-7,11H,8H2,1-5H3. The molecule has 0 spiro atoms. The molecule has 1 aromatic carbocycles. The third kappa shape index (κ3) is 2.09. The summed E-state index contributed by atoms with van der Waals surface area (Å²) in [6.45, 7) is 2.62. The minimum Gasteiger partial charge on any atom is -0.496 e. The normalized spacial score (nSPS) is 19.0. The number of likely N-dealkylation sites (N-methyl/N-ethyl adjacent to an activating group) is 2. The fourth-order valence-electron chi connectivity index (χ4n) is 2.62. The Labute approximate surface area is 113 Å². The van der Waals surface area contributed by atoms with E-state index in [1.165, 1.54) is 0 Å². The Balaban J connectivity index is 2.46. The summed E-state index contributed by atoms with van der Waals surface area (Å²) in [5.74, 6) is 1.58. The Morgan fingerprint density at radius 2 is 1.89 bits per heavy atom. The van der Waals surface area contributed by atoms with Crippen LogP contribution in [0.25, 0.3) is 0 Å². The third-order valence-electron chi connectivity index (χ3n) is 3.71. The number of methoxy groups -OCH3 is 2. The molecular formula is C14H20N2O3. The van der Waals surface area contributed by atoms with Gasteiger partial charge in [0, 0.05) is 31.8 Å². The monoisotopic (exact) mass is 264 g/mol. The van der Waals surface area contributed by atoms with Crippen molar-refractivity contribution in [1.29, 1.82) is 0 Å². The molecule has 1 aliphatic heterocycles. The first-order chi connectivity index (χ1) is 9.01. The Hall–Kier alpha value is -1.91. The second kappa shape index (κ2) is 4.99. The zero-order valence-electron chi connectivity index (χ0n) is 12.1. The molecule has 1 saturated heterocycles. The van der Waals surface area contributed by atoms with E-state index in [1.54, 1.807) is 24.0 Å². The molecule has 0 aliphatic carbocycles. The van der Waals surface area contributed by atoms with E-state index in [-0.39, 0.29) is 12.1 Å². The highest BCUT2D eigenvalue weighted by molar-refractivity contribution is 5.77. The molecule has 2 rings (SSSR count). The Bertz CT molecular complexity index is 502. The summed E-state index contributed by atoms with van der Waals surface area (Å²) in [5.41, 5.74) is 1.97. The van der Waals surface area contributed by atoms with Crippen molar-refractivity contribution in [2.24, 2.45) is 0 Å². The minimum absolute atomic E-state index is 0.0112. The van der Waals surface area contributed by atoms with Gasteiger partial charge in [-0.2, -0.15) is 0 Å². The molecule has 1 fully saturated rings. The van der Waals surface area contributed by atoms with Crippen LogP contribution in [0.15, 0.2) is 12.1 Å². The van der Waals surface area contributed by atoms with Crippen LogP contribution in [-0.2, 0) is 0 Å². The van der Waals surface area contributed by atoms with Crippen LogP contribution in [0.4, 0.5) is 4.79 Å². The van der Waals surface area contributed by atoms with E-state index in [9.17, 15) is 4.79 Å². The lowest BCUT2D eigenvalue weighted by atomic mass is 10.0. The van der Waals surface area contributed by atoms with Gasteiger partial charge in [-0.1, -0.05) is 0 Å². The van der Waals surface area contributed by atoms with Crippen LogP contribution in [0.2, 0.25) is 0 Å². The molecule has 0 saturated carbocycles. The quantitative estimate of drug-likeness (QED) is 0.839. The van der Waals surface area contributed by atoms with Crippen LogP contribution in [0.5, 0.6) is 11.5 Å². The average molecular weight is 264 g/mol. The number of benzene rings is 1. The van der Waals surface area contributed by atoms with Crippen molar-refractivity contribution < 1.29 is 14.3 Å². The highest BCUT2D eigenvalue weighted by Crippen LogP contribution is 2.38. The van der Waals surface area contributed by atoms with Crippen LogP contribution in [0, 0.1) is 6.92 Å². The van der Waals surface area contributed by atoms with Crippen molar-refractivity contribution in [3.8, 4) is 11.5 Å². The van der Waals surface area contributed by atoms with Crippen molar-refractivity contribution >= 4 is 6.03 Å². The topological polar surface area (TPSA) is 42.0 Å². The smallest absolute Gasteiger partial charge is 0.320 e. The number of ether oxygens (including phenoxy) is 2. The summed E-state index contributed by atoms with van der Waals surface area (Å²) in [4.78, 5) is 15.3. The first-order valence-corrected chi connectivity index (χ1v) is 6.20. The van der Waals surface area contributed by atoms with E-state index < -0.39 is 0 Å². The van der Waals surface area contributed by atoms with Gasteiger partial charge >= 0.3 is 6.03 Å². The van der Waals surface area contributed by atoms with Gasteiger partial charge in [0.1, 0.15) is 11.5 Å². The second-order valence-electron chi connectivity index (χ2n) is 4.81. The van der Waals surface area contributed by atoms with E-state index in [0.717, 1.165) is 22.6 Å². The first-order valence-electron chi connectivity index (χ1n) is 6.20. The number of urea groups is 1. The van der Waals surface area contributed by atoms with Gasteiger partial charge in [0.05, 0.1) is 20.3 Å². The van der Waals surface area contributed by atoms with Gasteiger partial charge < -0.3 is 19.3 Å². The molecular weight excluding hydrogens is 244 g/mol. The first kappa shape index (κ1) is 13.5. The van der Waals surface area contributed by atoms with Crippen molar-refractivity contribution in [1.82, 2.24) is 9.80 Å². The van der Waals surface area contributed by atoms with Crippen LogP contribution < -0.4 is 9.47 Å². The van der Waals surface area contributed by atoms with Crippen molar-refractivity contribution in [2.45, 2.75) is 13.0 Å². The molecule has 0 aromatic heterocycles. The summed E-state index contributed by atoms with van der Waals surface area (Å²) < 4.78 is 10.8. The summed E-state index contributed by atoms with van der Waals surface area (Å²) in [7, 11) is 6.91. The number of amides is 2. The highest BCUT2D eigenvalue weighted by atomic mass is 16.5. The lowest BCUT2D eigenvalue weighted by Gasteiger charge is -2.22. The largest absolute Gasteiger partial charge is 0.496 e. The van der Waals surface area contributed by atoms with Gasteiger partial charge in [0.15, 0.2) is 0 Å².